The number of aryl methyl sites for hydroxylation is 1. The normalized spacial score (nSPS) is 11.0. The zero-order valence-electron chi connectivity index (χ0n) is 7.42. The molecule has 62 valence electrons. The van der Waals surface area contributed by atoms with Gasteiger partial charge in [0.15, 0.2) is 5.75 Å². The van der Waals surface area contributed by atoms with E-state index in [1.54, 1.807) is 4.68 Å². The van der Waals surface area contributed by atoms with Crippen LogP contribution in [0.5, 0.6) is 5.75 Å². The van der Waals surface area contributed by atoms with Gasteiger partial charge in [-0.1, -0.05) is 13.8 Å². The average molecular weight is 154 g/mol. The number of aromatic hydroxyl groups is 1. The molecular weight excluding hydrogens is 140 g/mol. The fourth-order valence-electron chi connectivity index (χ4n) is 1.01. The number of aromatic nitrogens is 2. The minimum absolute atomic E-state index is 0.287. The first-order valence-electron chi connectivity index (χ1n) is 3.76. The summed E-state index contributed by atoms with van der Waals surface area (Å²) >= 11 is 0. The maximum Gasteiger partial charge on any atom is 0.160 e. The molecule has 0 fully saturated rings. The van der Waals surface area contributed by atoms with Crippen LogP contribution in [0.3, 0.4) is 0 Å². The van der Waals surface area contributed by atoms with Gasteiger partial charge in [-0.2, -0.15) is 5.10 Å². The summed E-state index contributed by atoms with van der Waals surface area (Å²) in [6, 6.07) is 0. The van der Waals surface area contributed by atoms with Crippen LogP contribution in [0.4, 0.5) is 0 Å². The molecule has 0 aliphatic carbocycles. The van der Waals surface area contributed by atoms with Gasteiger partial charge in [0.05, 0.1) is 5.69 Å². The van der Waals surface area contributed by atoms with Crippen molar-refractivity contribution in [1.29, 1.82) is 0 Å². The van der Waals surface area contributed by atoms with Crippen LogP contribution in [0.25, 0.3) is 0 Å². The first kappa shape index (κ1) is 8.11. The Balaban J connectivity index is 3.19. The molecule has 3 heteroatoms. The van der Waals surface area contributed by atoms with E-state index in [1.165, 1.54) is 0 Å². The Bertz CT molecular complexity index is 263. The lowest BCUT2D eigenvalue weighted by Crippen LogP contribution is -1.94. The van der Waals surface area contributed by atoms with Crippen molar-refractivity contribution in [3.05, 3.63) is 11.4 Å². The van der Waals surface area contributed by atoms with Gasteiger partial charge in [0.1, 0.15) is 5.69 Å². The van der Waals surface area contributed by atoms with Gasteiger partial charge in [0, 0.05) is 13.0 Å². The van der Waals surface area contributed by atoms with Gasteiger partial charge in [-0.15, -0.1) is 0 Å². The van der Waals surface area contributed by atoms with Crippen molar-refractivity contribution in [2.45, 2.75) is 26.7 Å². The Morgan fingerprint density at radius 1 is 1.45 bits per heavy atom. The highest BCUT2D eigenvalue weighted by Crippen LogP contribution is 2.26. The van der Waals surface area contributed by atoms with Crippen LogP contribution in [-0.2, 0) is 7.05 Å². The van der Waals surface area contributed by atoms with Crippen molar-refractivity contribution in [3.8, 4) is 5.75 Å². The molecule has 1 aromatic heterocycles. The van der Waals surface area contributed by atoms with E-state index in [0.717, 1.165) is 11.4 Å². The fourth-order valence-corrected chi connectivity index (χ4v) is 1.01. The Morgan fingerprint density at radius 3 is 2.18 bits per heavy atom. The number of rotatable bonds is 1. The van der Waals surface area contributed by atoms with E-state index in [1.807, 2.05) is 27.8 Å². The van der Waals surface area contributed by atoms with Gasteiger partial charge >= 0.3 is 0 Å². The second kappa shape index (κ2) is 2.57. The smallest absolute Gasteiger partial charge is 0.160 e. The zero-order valence-corrected chi connectivity index (χ0v) is 7.42. The summed E-state index contributed by atoms with van der Waals surface area (Å²) in [5.41, 5.74) is 1.61. The molecule has 0 aliphatic rings. The molecule has 0 amide bonds. The summed E-state index contributed by atoms with van der Waals surface area (Å²) in [5, 5.41) is 13.7. The average Bonchev–Trinajstić information content (AvgIpc) is 2.17. The molecule has 0 radical (unpaired) electrons. The third-order valence-corrected chi connectivity index (χ3v) is 1.88. The molecule has 0 unspecified atom stereocenters. The van der Waals surface area contributed by atoms with E-state index in [9.17, 15) is 5.11 Å². The molecule has 1 heterocycles. The molecule has 0 saturated carbocycles. The van der Waals surface area contributed by atoms with Crippen molar-refractivity contribution in [2.75, 3.05) is 0 Å². The quantitative estimate of drug-likeness (QED) is 0.666. The lowest BCUT2D eigenvalue weighted by molar-refractivity contribution is 0.460. The zero-order chi connectivity index (χ0) is 8.59. The number of hydrogen-bond donors (Lipinski definition) is 1. The van der Waals surface area contributed by atoms with Crippen LogP contribution >= 0.6 is 0 Å². The molecule has 0 aliphatic heterocycles. The highest BCUT2D eigenvalue weighted by Gasteiger charge is 2.13. The lowest BCUT2D eigenvalue weighted by Gasteiger charge is -1.98. The Hall–Kier alpha value is -0.990. The summed E-state index contributed by atoms with van der Waals surface area (Å²) in [7, 11) is 1.83. The van der Waals surface area contributed by atoms with Gasteiger partial charge in [-0.3, -0.25) is 4.68 Å². The topological polar surface area (TPSA) is 38.1 Å². The molecule has 0 spiro atoms. The van der Waals surface area contributed by atoms with E-state index in [4.69, 9.17) is 0 Å². The van der Waals surface area contributed by atoms with E-state index >= 15 is 0 Å². The van der Waals surface area contributed by atoms with Gasteiger partial charge in [-0.25, -0.2) is 0 Å². The largest absolute Gasteiger partial charge is 0.504 e. The predicted octanol–water partition coefficient (Wildman–Crippen LogP) is 1.56. The summed E-state index contributed by atoms with van der Waals surface area (Å²) in [6.07, 6.45) is 0. The van der Waals surface area contributed by atoms with Crippen LogP contribution in [-0.4, -0.2) is 14.9 Å². The number of hydrogen-bond acceptors (Lipinski definition) is 2. The summed E-state index contributed by atoms with van der Waals surface area (Å²) in [5.74, 6) is 0.623. The standard InChI is InChI=1S/C8H14N2O/c1-5(2)7-8(11)6(3)10(4)9-7/h5,11H,1-4H3. The Kier molecular flexibility index (Phi) is 1.89. The molecule has 3 nitrogen and oxygen atoms in total. The van der Waals surface area contributed by atoms with E-state index < -0.39 is 0 Å². The Labute approximate surface area is 66.7 Å². The molecular formula is C8H14N2O. The molecule has 1 rings (SSSR count). The van der Waals surface area contributed by atoms with Crippen LogP contribution in [0.2, 0.25) is 0 Å². The highest BCUT2D eigenvalue weighted by atomic mass is 16.3. The second-order valence-corrected chi connectivity index (χ2v) is 3.10. The van der Waals surface area contributed by atoms with E-state index in [-0.39, 0.29) is 5.92 Å². The van der Waals surface area contributed by atoms with E-state index in [0.29, 0.717) is 5.75 Å². The SMILES string of the molecule is Cc1c(O)c(C(C)C)nn1C. The molecule has 0 atom stereocenters. The minimum Gasteiger partial charge on any atom is -0.504 e. The first-order valence-corrected chi connectivity index (χ1v) is 3.76. The third kappa shape index (κ3) is 1.23. The fraction of sp³-hybridized carbons (Fsp3) is 0.625. The Morgan fingerprint density at radius 2 is 2.00 bits per heavy atom. The highest BCUT2D eigenvalue weighted by molar-refractivity contribution is 5.32. The predicted molar refractivity (Wildman–Crippen MR) is 43.7 cm³/mol. The maximum atomic E-state index is 9.51. The second-order valence-electron chi connectivity index (χ2n) is 3.10. The van der Waals surface area contributed by atoms with Gasteiger partial charge < -0.3 is 5.11 Å². The molecule has 1 aromatic rings. The summed E-state index contributed by atoms with van der Waals surface area (Å²) in [6.45, 7) is 5.89. The number of nitrogens with zero attached hydrogens (tertiary/aromatic N) is 2. The van der Waals surface area contributed by atoms with Crippen molar-refractivity contribution >= 4 is 0 Å². The molecule has 1 N–H and O–H groups in total. The van der Waals surface area contributed by atoms with Crippen LogP contribution in [0.1, 0.15) is 31.2 Å². The first-order chi connectivity index (χ1) is 5.04. The van der Waals surface area contributed by atoms with Gasteiger partial charge in [0.2, 0.25) is 0 Å². The van der Waals surface area contributed by atoms with E-state index in [2.05, 4.69) is 5.10 Å². The van der Waals surface area contributed by atoms with Crippen molar-refractivity contribution < 1.29 is 5.11 Å². The summed E-state index contributed by atoms with van der Waals surface area (Å²) < 4.78 is 1.70. The molecule has 11 heavy (non-hydrogen) atoms. The van der Waals surface area contributed by atoms with Crippen molar-refractivity contribution in [3.63, 3.8) is 0 Å². The summed E-state index contributed by atoms with van der Waals surface area (Å²) in [4.78, 5) is 0. The molecule has 0 bridgehead atoms. The van der Waals surface area contributed by atoms with Crippen LogP contribution < -0.4 is 0 Å². The van der Waals surface area contributed by atoms with Gasteiger partial charge in [0.25, 0.3) is 0 Å². The maximum absolute atomic E-state index is 9.51. The van der Waals surface area contributed by atoms with Crippen LogP contribution in [0.15, 0.2) is 0 Å². The third-order valence-electron chi connectivity index (χ3n) is 1.88. The molecule has 0 saturated heterocycles. The van der Waals surface area contributed by atoms with Crippen molar-refractivity contribution in [1.82, 2.24) is 9.78 Å². The lowest BCUT2D eigenvalue weighted by atomic mass is 10.1. The monoisotopic (exact) mass is 154 g/mol. The molecule has 0 aromatic carbocycles. The van der Waals surface area contributed by atoms with Crippen LogP contribution in [0, 0.1) is 6.92 Å². The van der Waals surface area contributed by atoms with Crippen molar-refractivity contribution in [2.24, 2.45) is 7.05 Å². The van der Waals surface area contributed by atoms with Gasteiger partial charge in [-0.05, 0) is 6.92 Å². The minimum atomic E-state index is 0.287.